The van der Waals surface area contributed by atoms with Crippen LogP contribution in [0.3, 0.4) is 0 Å². The molecule has 1 aliphatic rings. The van der Waals surface area contributed by atoms with Gasteiger partial charge in [-0.3, -0.25) is 0 Å². The Bertz CT molecular complexity index is 708. The summed E-state index contributed by atoms with van der Waals surface area (Å²) in [5.74, 6) is 0. The molecule has 100 valence electrons. The zero-order valence-corrected chi connectivity index (χ0v) is 12.1. The van der Waals surface area contributed by atoms with Crippen LogP contribution in [0.2, 0.25) is 0 Å². The summed E-state index contributed by atoms with van der Waals surface area (Å²) in [5, 5.41) is 12.6. The van der Waals surface area contributed by atoms with Gasteiger partial charge in [-0.15, -0.1) is 0 Å². The molecule has 0 saturated heterocycles. The molecule has 0 amide bonds. The normalized spacial score (nSPS) is 19.0. The maximum Gasteiger partial charge on any atom is 0.0991 e. The summed E-state index contributed by atoms with van der Waals surface area (Å²) >= 11 is 0. The molecule has 0 aromatic heterocycles. The summed E-state index contributed by atoms with van der Waals surface area (Å²) in [6, 6.07) is 16.9. The molecule has 20 heavy (non-hydrogen) atoms. The maximum atomic E-state index is 9.02. The van der Waals surface area contributed by atoms with Crippen molar-refractivity contribution in [1.29, 1.82) is 5.26 Å². The molecule has 0 fully saturated rings. The molecule has 1 aliphatic heterocycles. The summed E-state index contributed by atoms with van der Waals surface area (Å²) in [4.78, 5) is 0. The first kappa shape index (κ1) is 12.7. The van der Waals surface area contributed by atoms with E-state index in [0.717, 1.165) is 5.56 Å². The monoisotopic (exact) mass is 262 g/mol. The van der Waals surface area contributed by atoms with Gasteiger partial charge in [-0.1, -0.05) is 32.0 Å². The van der Waals surface area contributed by atoms with Gasteiger partial charge in [0, 0.05) is 17.1 Å². The van der Waals surface area contributed by atoms with E-state index in [1.807, 2.05) is 18.2 Å². The predicted molar refractivity (Wildman–Crippen MR) is 82.7 cm³/mol. The van der Waals surface area contributed by atoms with Crippen LogP contribution in [0.4, 0.5) is 5.69 Å². The largest absolute Gasteiger partial charge is 0.381 e. The molecule has 1 atom stereocenters. The first-order valence-electron chi connectivity index (χ1n) is 6.94. The van der Waals surface area contributed by atoms with E-state index in [-0.39, 0.29) is 5.41 Å². The van der Waals surface area contributed by atoms with Crippen molar-refractivity contribution in [3.63, 3.8) is 0 Å². The lowest BCUT2D eigenvalue weighted by atomic mass is 9.80. The molecule has 2 heteroatoms. The number of rotatable bonds is 1. The molecule has 2 aromatic rings. The minimum absolute atomic E-state index is 0.123. The first-order valence-corrected chi connectivity index (χ1v) is 6.94. The Hall–Kier alpha value is -2.27. The topological polar surface area (TPSA) is 35.8 Å². The molecule has 2 aromatic carbocycles. The van der Waals surface area contributed by atoms with Crippen LogP contribution in [0.15, 0.2) is 42.5 Å². The summed E-state index contributed by atoms with van der Waals surface area (Å²) in [6.45, 7) is 6.76. The average Bonchev–Trinajstić information content (AvgIpc) is 2.69. The van der Waals surface area contributed by atoms with Crippen LogP contribution in [-0.4, -0.2) is 6.04 Å². The lowest BCUT2D eigenvalue weighted by Crippen LogP contribution is -2.29. The van der Waals surface area contributed by atoms with E-state index in [1.54, 1.807) is 0 Å². The zero-order valence-electron chi connectivity index (χ0n) is 12.1. The quantitative estimate of drug-likeness (QED) is 0.831. The second-order valence-electron chi connectivity index (χ2n) is 6.04. The third-order valence-corrected chi connectivity index (χ3v) is 4.49. The van der Waals surface area contributed by atoms with Gasteiger partial charge in [0.15, 0.2) is 0 Å². The Labute approximate surface area is 120 Å². The van der Waals surface area contributed by atoms with E-state index < -0.39 is 0 Å². The summed E-state index contributed by atoms with van der Waals surface area (Å²) < 4.78 is 0. The van der Waals surface area contributed by atoms with Gasteiger partial charge in [0.2, 0.25) is 0 Å². The van der Waals surface area contributed by atoms with Gasteiger partial charge >= 0.3 is 0 Å². The highest BCUT2D eigenvalue weighted by molar-refractivity contribution is 5.72. The molecular formula is C18H18N2. The molecule has 0 saturated carbocycles. The number of hydrogen-bond donors (Lipinski definition) is 1. The van der Waals surface area contributed by atoms with E-state index in [1.165, 1.54) is 16.8 Å². The van der Waals surface area contributed by atoms with Crippen molar-refractivity contribution in [2.75, 3.05) is 5.32 Å². The number of nitriles is 1. The molecule has 3 rings (SSSR count). The highest BCUT2D eigenvalue weighted by Gasteiger charge is 2.36. The molecular weight excluding hydrogens is 244 g/mol. The Balaban J connectivity index is 2.10. The minimum atomic E-state index is 0.123. The highest BCUT2D eigenvalue weighted by atomic mass is 15.0. The van der Waals surface area contributed by atoms with Gasteiger partial charge in [0.25, 0.3) is 0 Å². The summed E-state index contributed by atoms with van der Waals surface area (Å²) in [7, 11) is 0. The van der Waals surface area contributed by atoms with E-state index in [2.05, 4.69) is 56.4 Å². The molecule has 0 spiro atoms. The lowest BCUT2D eigenvalue weighted by Gasteiger charge is -2.24. The number of nitrogens with one attached hydrogen (secondary N) is 1. The van der Waals surface area contributed by atoms with Crippen molar-refractivity contribution in [3.8, 4) is 17.2 Å². The van der Waals surface area contributed by atoms with Crippen LogP contribution < -0.4 is 5.32 Å². The summed E-state index contributed by atoms with van der Waals surface area (Å²) in [6.07, 6.45) is 0. The van der Waals surface area contributed by atoms with Crippen LogP contribution in [0.5, 0.6) is 0 Å². The van der Waals surface area contributed by atoms with Crippen molar-refractivity contribution in [1.82, 2.24) is 0 Å². The van der Waals surface area contributed by atoms with E-state index in [9.17, 15) is 0 Å². The van der Waals surface area contributed by atoms with Gasteiger partial charge in [-0.05, 0) is 47.9 Å². The van der Waals surface area contributed by atoms with Crippen LogP contribution in [0.25, 0.3) is 11.1 Å². The fraction of sp³-hybridized carbons (Fsp3) is 0.278. The minimum Gasteiger partial charge on any atom is -0.381 e. The third kappa shape index (κ3) is 1.87. The van der Waals surface area contributed by atoms with E-state index in [4.69, 9.17) is 5.26 Å². The van der Waals surface area contributed by atoms with Crippen molar-refractivity contribution >= 4 is 5.69 Å². The SMILES string of the molecule is CC1Nc2ccc(-c3cccc(C#N)c3)cc2C1(C)C. The van der Waals surface area contributed by atoms with Gasteiger partial charge in [0.1, 0.15) is 0 Å². The van der Waals surface area contributed by atoms with Crippen LogP contribution >= 0.6 is 0 Å². The van der Waals surface area contributed by atoms with Crippen LogP contribution in [-0.2, 0) is 5.41 Å². The molecule has 2 nitrogen and oxygen atoms in total. The number of hydrogen-bond acceptors (Lipinski definition) is 2. The third-order valence-electron chi connectivity index (χ3n) is 4.49. The van der Waals surface area contributed by atoms with Crippen LogP contribution in [0, 0.1) is 11.3 Å². The second kappa shape index (κ2) is 4.38. The second-order valence-corrected chi connectivity index (χ2v) is 6.04. The van der Waals surface area contributed by atoms with Crippen molar-refractivity contribution < 1.29 is 0 Å². The van der Waals surface area contributed by atoms with Gasteiger partial charge in [-0.2, -0.15) is 5.26 Å². The number of nitrogens with zero attached hydrogens (tertiary/aromatic N) is 1. The van der Waals surface area contributed by atoms with E-state index in [0.29, 0.717) is 11.6 Å². The van der Waals surface area contributed by atoms with Crippen molar-refractivity contribution in [2.24, 2.45) is 0 Å². The fourth-order valence-electron chi connectivity index (χ4n) is 2.80. The Morgan fingerprint density at radius 1 is 1.10 bits per heavy atom. The molecule has 1 heterocycles. The van der Waals surface area contributed by atoms with Gasteiger partial charge in [-0.25, -0.2) is 0 Å². The van der Waals surface area contributed by atoms with Crippen molar-refractivity contribution in [3.05, 3.63) is 53.6 Å². The number of fused-ring (bicyclic) bond motifs is 1. The first-order chi connectivity index (χ1) is 9.52. The summed E-state index contributed by atoms with van der Waals surface area (Å²) in [5.41, 5.74) is 5.67. The van der Waals surface area contributed by atoms with Gasteiger partial charge in [0.05, 0.1) is 11.6 Å². The Morgan fingerprint density at radius 3 is 2.60 bits per heavy atom. The Kier molecular flexibility index (Phi) is 2.79. The fourth-order valence-corrected chi connectivity index (χ4v) is 2.80. The molecule has 0 radical (unpaired) electrons. The maximum absolute atomic E-state index is 9.02. The molecule has 0 bridgehead atoms. The predicted octanol–water partition coefficient (Wildman–Crippen LogP) is 4.32. The average molecular weight is 262 g/mol. The van der Waals surface area contributed by atoms with Crippen LogP contribution in [0.1, 0.15) is 31.9 Å². The molecule has 1 unspecified atom stereocenters. The molecule has 0 aliphatic carbocycles. The van der Waals surface area contributed by atoms with E-state index >= 15 is 0 Å². The van der Waals surface area contributed by atoms with Crippen molar-refractivity contribution in [2.45, 2.75) is 32.2 Å². The smallest absolute Gasteiger partial charge is 0.0991 e. The zero-order chi connectivity index (χ0) is 14.3. The number of benzene rings is 2. The molecule has 1 N–H and O–H groups in total. The van der Waals surface area contributed by atoms with Gasteiger partial charge < -0.3 is 5.32 Å². The Morgan fingerprint density at radius 2 is 1.85 bits per heavy atom. The lowest BCUT2D eigenvalue weighted by molar-refractivity contribution is 0.486. The standard InChI is InChI=1S/C18H18N2/c1-12-18(2,3)16-10-15(7-8-17(16)20-12)14-6-4-5-13(9-14)11-19/h4-10,12,20H,1-3H3. The number of anilines is 1. The highest BCUT2D eigenvalue weighted by Crippen LogP contribution is 2.42.